The average molecular weight is 447 g/mol. The molecule has 0 aliphatic heterocycles. The summed E-state index contributed by atoms with van der Waals surface area (Å²) in [6.45, 7) is 10.5. The lowest BCUT2D eigenvalue weighted by Crippen LogP contribution is -2.48. The van der Waals surface area contributed by atoms with Gasteiger partial charge in [-0.05, 0) is 46.2 Å². The molecule has 168 valence electrons. The number of carbonyl (C=O) groups excluding carboxylic acids is 1. The summed E-state index contributed by atoms with van der Waals surface area (Å²) in [4.78, 5) is 19.7. The van der Waals surface area contributed by atoms with Crippen molar-refractivity contribution in [1.29, 1.82) is 0 Å². The van der Waals surface area contributed by atoms with Gasteiger partial charge in [0.2, 0.25) is 4.80 Å². The fourth-order valence-corrected chi connectivity index (χ4v) is 4.01. The monoisotopic (exact) mass is 446 g/mol. The number of hydrogen-bond acceptors (Lipinski definition) is 7. The summed E-state index contributed by atoms with van der Waals surface area (Å²) >= 11 is 1.41. The van der Waals surface area contributed by atoms with Crippen LogP contribution in [-0.2, 0) is 11.8 Å². The fourth-order valence-electron chi connectivity index (χ4n) is 3.07. The summed E-state index contributed by atoms with van der Waals surface area (Å²) in [6, 6.07) is 3.92. The Kier molecular flexibility index (Phi) is 6.68. The number of carbonyl (C=O) groups is 1. The Morgan fingerprint density at radius 3 is 2.61 bits per heavy atom. The second-order valence-corrected chi connectivity index (χ2v) is 9.03. The van der Waals surface area contributed by atoms with E-state index in [0.29, 0.717) is 23.6 Å². The molecule has 1 aromatic carbocycles. The van der Waals surface area contributed by atoms with E-state index in [1.165, 1.54) is 16.3 Å². The molecule has 1 amide bonds. The number of rotatable bonds is 6. The van der Waals surface area contributed by atoms with E-state index in [1.807, 2.05) is 60.0 Å². The molecule has 0 saturated heterocycles. The molecular weight excluding hydrogens is 416 g/mol. The maximum absolute atomic E-state index is 12.9. The molecule has 0 fully saturated rings. The number of hydrogen-bond donors (Lipinski definition) is 0. The van der Waals surface area contributed by atoms with Gasteiger partial charge in [0.1, 0.15) is 21.9 Å². The van der Waals surface area contributed by atoms with E-state index in [0.717, 1.165) is 27.9 Å². The maximum Gasteiger partial charge on any atom is 0.430 e. The smallest absolute Gasteiger partial charge is 0.430 e. The van der Waals surface area contributed by atoms with Crippen molar-refractivity contribution in [1.82, 2.24) is 19.7 Å². The molecular formula is C21H30N6O3S. The van der Waals surface area contributed by atoms with Gasteiger partial charge in [-0.15, -0.1) is 9.89 Å². The van der Waals surface area contributed by atoms with E-state index in [9.17, 15) is 4.79 Å². The molecule has 0 saturated carbocycles. The highest BCUT2D eigenvalue weighted by Gasteiger charge is 2.25. The van der Waals surface area contributed by atoms with Crippen LogP contribution >= 0.6 is 11.3 Å². The first-order valence-electron chi connectivity index (χ1n) is 10.3. The molecule has 2 aromatic heterocycles. The largest absolute Gasteiger partial charge is 0.494 e. The fraction of sp³-hybridized carbons (Fsp3) is 0.524. The van der Waals surface area contributed by atoms with Crippen molar-refractivity contribution in [2.75, 3.05) is 25.2 Å². The zero-order valence-electron chi connectivity index (χ0n) is 19.2. The van der Waals surface area contributed by atoms with Gasteiger partial charge in [0.15, 0.2) is 0 Å². The number of benzene rings is 1. The third-order valence-electron chi connectivity index (χ3n) is 4.26. The molecule has 0 aliphatic rings. The Bertz CT molecular complexity index is 1140. The van der Waals surface area contributed by atoms with Gasteiger partial charge in [0.25, 0.3) is 0 Å². The molecule has 10 heteroatoms. The summed E-state index contributed by atoms with van der Waals surface area (Å²) < 4.78 is 12.9. The number of aryl methyl sites for hydroxylation is 1. The highest BCUT2D eigenvalue weighted by molar-refractivity contribution is 7.12. The Balaban J connectivity index is 2.12. The molecule has 2 heterocycles. The van der Waals surface area contributed by atoms with Crippen molar-refractivity contribution < 1.29 is 14.3 Å². The van der Waals surface area contributed by atoms with E-state index in [4.69, 9.17) is 14.6 Å². The number of fused-ring (bicyclic) bond motifs is 1. The van der Waals surface area contributed by atoms with Crippen molar-refractivity contribution in [2.45, 2.75) is 46.6 Å². The number of nitrogens with zero attached hydrogens (tertiary/aromatic N) is 6. The number of aromatic nitrogens is 4. The maximum atomic E-state index is 12.9. The van der Waals surface area contributed by atoms with Gasteiger partial charge in [-0.1, -0.05) is 18.3 Å². The minimum Gasteiger partial charge on any atom is -0.494 e. The summed E-state index contributed by atoms with van der Waals surface area (Å²) in [5.41, 5.74) is 1.05. The van der Waals surface area contributed by atoms with Crippen LogP contribution in [0, 0.1) is 0 Å². The van der Waals surface area contributed by atoms with Gasteiger partial charge in [-0.25, -0.2) is 4.79 Å². The molecule has 0 bridgehead atoms. The molecule has 3 rings (SSSR count). The number of ether oxygens (including phenoxy) is 2. The van der Waals surface area contributed by atoms with E-state index in [-0.39, 0.29) is 0 Å². The molecule has 0 aliphatic carbocycles. The van der Waals surface area contributed by atoms with Crippen LogP contribution in [-0.4, -0.2) is 51.6 Å². The van der Waals surface area contributed by atoms with Gasteiger partial charge in [-0.2, -0.15) is 10.1 Å². The van der Waals surface area contributed by atoms with Crippen LogP contribution in [0.15, 0.2) is 23.3 Å². The van der Waals surface area contributed by atoms with Gasteiger partial charge < -0.3 is 9.47 Å². The van der Waals surface area contributed by atoms with Crippen molar-refractivity contribution in [3.63, 3.8) is 0 Å². The summed E-state index contributed by atoms with van der Waals surface area (Å²) in [6.07, 6.45) is 2.23. The second-order valence-electron chi connectivity index (χ2n) is 8.08. The Morgan fingerprint density at radius 2 is 2.00 bits per heavy atom. The molecule has 9 nitrogen and oxygen atoms in total. The van der Waals surface area contributed by atoms with Crippen LogP contribution in [0.25, 0.3) is 21.5 Å². The van der Waals surface area contributed by atoms with E-state index < -0.39 is 11.7 Å². The van der Waals surface area contributed by atoms with Crippen molar-refractivity contribution >= 4 is 28.3 Å². The minimum atomic E-state index is -0.608. The SMILES string of the molecule is CCCN(C(=O)OC(C)(C)C)n1nc(-c2cc(OC)c3nn(C)cc3c2)sc1=NCC. The van der Waals surface area contributed by atoms with Gasteiger partial charge >= 0.3 is 6.09 Å². The first-order valence-corrected chi connectivity index (χ1v) is 11.1. The quantitative estimate of drug-likeness (QED) is 0.576. The van der Waals surface area contributed by atoms with Crippen molar-refractivity contribution in [3.05, 3.63) is 23.1 Å². The molecule has 0 radical (unpaired) electrons. The topological polar surface area (TPSA) is 86.8 Å². The van der Waals surface area contributed by atoms with Crippen LogP contribution in [0.1, 0.15) is 41.0 Å². The zero-order chi connectivity index (χ0) is 22.8. The van der Waals surface area contributed by atoms with Gasteiger partial charge in [-0.3, -0.25) is 9.67 Å². The standard InChI is InChI=1S/C21H30N6O3S/c1-8-10-26(20(28)30-21(3,4)5)27-19(22-9-2)31-18(24-27)14-11-15-13-25(6)23-17(15)16(12-14)29-7/h11-13H,8-10H2,1-7H3. The van der Waals surface area contributed by atoms with Gasteiger partial charge in [0.05, 0.1) is 7.11 Å². The highest BCUT2D eigenvalue weighted by atomic mass is 32.1. The van der Waals surface area contributed by atoms with Crippen LogP contribution in [0.2, 0.25) is 0 Å². The van der Waals surface area contributed by atoms with Gasteiger partial charge in [0, 0.05) is 37.3 Å². The Labute approximate surface area is 185 Å². The van der Waals surface area contributed by atoms with Crippen LogP contribution < -0.4 is 14.5 Å². The summed E-state index contributed by atoms with van der Waals surface area (Å²) in [7, 11) is 3.50. The van der Waals surface area contributed by atoms with E-state index in [2.05, 4.69) is 10.1 Å². The zero-order valence-corrected chi connectivity index (χ0v) is 20.0. The first-order chi connectivity index (χ1) is 14.7. The average Bonchev–Trinajstić information content (AvgIpc) is 3.26. The molecule has 3 aromatic rings. The number of amides is 1. The molecule has 31 heavy (non-hydrogen) atoms. The lowest BCUT2D eigenvalue weighted by molar-refractivity contribution is 0.0529. The third kappa shape index (κ3) is 5.07. The second kappa shape index (κ2) is 9.09. The predicted molar refractivity (Wildman–Crippen MR) is 122 cm³/mol. The van der Waals surface area contributed by atoms with E-state index in [1.54, 1.807) is 16.6 Å². The highest BCUT2D eigenvalue weighted by Crippen LogP contribution is 2.31. The van der Waals surface area contributed by atoms with Crippen molar-refractivity contribution in [3.8, 4) is 16.3 Å². The molecule has 0 N–H and O–H groups in total. The third-order valence-corrected chi connectivity index (χ3v) is 5.25. The van der Waals surface area contributed by atoms with Crippen LogP contribution in [0.4, 0.5) is 4.79 Å². The molecule has 0 spiro atoms. The van der Waals surface area contributed by atoms with Crippen molar-refractivity contribution in [2.24, 2.45) is 12.0 Å². The molecule has 0 unspecified atom stereocenters. The predicted octanol–water partition coefficient (Wildman–Crippen LogP) is 3.71. The van der Waals surface area contributed by atoms with E-state index >= 15 is 0 Å². The summed E-state index contributed by atoms with van der Waals surface area (Å²) in [5, 5.41) is 12.4. The minimum absolute atomic E-state index is 0.455. The van der Waals surface area contributed by atoms with Crippen LogP contribution in [0.5, 0.6) is 5.75 Å². The Hall–Kier alpha value is -2.88. The summed E-state index contributed by atoms with van der Waals surface area (Å²) in [5.74, 6) is 0.668. The molecule has 0 atom stereocenters. The Morgan fingerprint density at radius 1 is 1.26 bits per heavy atom. The normalized spacial score (nSPS) is 12.4. The number of methoxy groups -OCH3 is 1. The first kappa shape index (κ1) is 22.8. The lowest BCUT2D eigenvalue weighted by Gasteiger charge is -2.26. The lowest BCUT2D eigenvalue weighted by atomic mass is 10.1. The van der Waals surface area contributed by atoms with Crippen LogP contribution in [0.3, 0.4) is 0 Å².